The summed E-state index contributed by atoms with van der Waals surface area (Å²) in [5, 5.41) is 12.8. The highest BCUT2D eigenvalue weighted by Gasteiger charge is 2.29. The topological polar surface area (TPSA) is 96.8 Å². The van der Waals surface area contributed by atoms with E-state index in [0.29, 0.717) is 49.3 Å². The normalized spacial score (nSPS) is 16.7. The number of hydrogen-bond donors (Lipinski definition) is 2. The summed E-state index contributed by atoms with van der Waals surface area (Å²) in [6, 6.07) is 6.70. The molecule has 0 atom stereocenters. The minimum atomic E-state index is -0.444. The molecule has 124 valence electrons. The number of carbonyl (C=O) groups is 1. The van der Waals surface area contributed by atoms with Gasteiger partial charge in [-0.25, -0.2) is 9.78 Å². The van der Waals surface area contributed by atoms with Crippen molar-refractivity contribution in [1.29, 1.82) is 0 Å². The number of esters is 1. The Morgan fingerprint density at radius 3 is 2.83 bits per heavy atom. The molecule has 0 unspecified atom stereocenters. The van der Waals surface area contributed by atoms with E-state index in [0.717, 1.165) is 0 Å². The van der Waals surface area contributed by atoms with Gasteiger partial charge in [-0.3, -0.25) is 0 Å². The van der Waals surface area contributed by atoms with Gasteiger partial charge in [0.2, 0.25) is 5.95 Å². The average molecular weight is 328 g/mol. The molecule has 2 aliphatic heterocycles. The van der Waals surface area contributed by atoms with Crippen molar-refractivity contribution in [1.82, 2.24) is 9.97 Å². The highest BCUT2D eigenvalue weighted by Crippen LogP contribution is 2.30. The maximum absolute atomic E-state index is 11.9. The van der Waals surface area contributed by atoms with Gasteiger partial charge in [0.05, 0.1) is 18.8 Å². The van der Waals surface area contributed by atoms with E-state index in [-0.39, 0.29) is 18.1 Å². The number of ether oxygens (including phenoxy) is 2. The monoisotopic (exact) mass is 328 g/mol. The molecule has 0 spiro atoms. The largest absolute Gasteiger partial charge is 0.508 e. The predicted octanol–water partition coefficient (Wildman–Crippen LogP) is 1.43. The summed E-state index contributed by atoms with van der Waals surface area (Å²) in [5.74, 6) is 0.684. The van der Waals surface area contributed by atoms with E-state index in [1.165, 1.54) is 0 Å². The van der Waals surface area contributed by atoms with Crippen molar-refractivity contribution in [2.24, 2.45) is 0 Å². The molecule has 1 saturated heterocycles. The van der Waals surface area contributed by atoms with Gasteiger partial charge in [-0.2, -0.15) is 4.98 Å². The van der Waals surface area contributed by atoms with Gasteiger partial charge in [0.15, 0.2) is 5.69 Å². The Bertz CT molecular complexity index is 790. The molecule has 2 N–H and O–H groups in total. The van der Waals surface area contributed by atoms with Crippen molar-refractivity contribution in [2.45, 2.75) is 6.61 Å². The molecule has 1 fully saturated rings. The Labute approximate surface area is 138 Å². The highest BCUT2D eigenvalue weighted by atomic mass is 16.5. The molecule has 24 heavy (non-hydrogen) atoms. The van der Waals surface area contributed by atoms with Crippen LogP contribution in [-0.4, -0.2) is 47.3 Å². The number of fused-ring (bicyclic) bond motifs is 1. The SMILES string of the molecule is O=C1OCc2c(Nc3cccc(O)c3)nc(N3CCOCC3)nc21. The van der Waals surface area contributed by atoms with Crippen LogP contribution in [0.25, 0.3) is 0 Å². The number of nitrogens with one attached hydrogen (secondary N) is 1. The Kier molecular flexibility index (Phi) is 3.66. The third kappa shape index (κ3) is 2.71. The summed E-state index contributed by atoms with van der Waals surface area (Å²) in [6.07, 6.45) is 0. The maximum Gasteiger partial charge on any atom is 0.357 e. The first kappa shape index (κ1) is 14.7. The Morgan fingerprint density at radius 2 is 2.04 bits per heavy atom. The zero-order chi connectivity index (χ0) is 16.5. The van der Waals surface area contributed by atoms with Crippen molar-refractivity contribution in [3.8, 4) is 5.75 Å². The standard InChI is InChI=1S/C16H16N4O4/c21-11-3-1-2-10(8-11)17-14-12-9-24-15(22)13(12)18-16(19-14)20-4-6-23-7-5-20/h1-3,8,21H,4-7,9H2,(H,17,18,19). The predicted molar refractivity (Wildman–Crippen MR) is 85.6 cm³/mol. The number of morpholine rings is 1. The second-order valence-corrected chi connectivity index (χ2v) is 5.55. The van der Waals surface area contributed by atoms with E-state index in [1.54, 1.807) is 24.3 Å². The number of carbonyl (C=O) groups excluding carboxylic acids is 1. The third-order valence-corrected chi connectivity index (χ3v) is 3.94. The summed E-state index contributed by atoms with van der Waals surface area (Å²) >= 11 is 0. The summed E-state index contributed by atoms with van der Waals surface area (Å²) in [7, 11) is 0. The number of phenolic OH excluding ortho intramolecular Hbond substituents is 1. The van der Waals surface area contributed by atoms with Crippen LogP contribution in [-0.2, 0) is 16.1 Å². The first-order valence-corrected chi connectivity index (χ1v) is 7.67. The molecule has 2 aliphatic rings. The van der Waals surface area contributed by atoms with Crippen LogP contribution in [0.4, 0.5) is 17.5 Å². The van der Waals surface area contributed by atoms with Crippen molar-refractivity contribution in [3.05, 3.63) is 35.5 Å². The third-order valence-electron chi connectivity index (χ3n) is 3.94. The second kappa shape index (κ2) is 5.97. The number of anilines is 3. The number of cyclic esters (lactones) is 1. The molecule has 3 heterocycles. The molecule has 1 aromatic heterocycles. The van der Waals surface area contributed by atoms with Gasteiger partial charge in [-0.1, -0.05) is 6.07 Å². The van der Waals surface area contributed by atoms with Crippen LogP contribution in [0.15, 0.2) is 24.3 Å². The molecular formula is C16H16N4O4. The quantitative estimate of drug-likeness (QED) is 0.817. The molecule has 0 bridgehead atoms. The molecule has 0 amide bonds. The van der Waals surface area contributed by atoms with E-state index in [4.69, 9.17) is 9.47 Å². The minimum Gasteiger partial charge on any atom is -0.508 e. The van der Waals surface area contributed by atoms with Gasteiger partial charge in [0.25, 0.3) is 0 Å². The van der Waals surface area contributed by atoms with Gasteiger partial charge in [0.1, 0.15) is 18.2 Å². The summed E-state index contributed by atoms with van der Waals surface area (Å²) in [6.45, 7) is 2.66. The molecule has 4 rings (SSSR count). The fourth-order valence-corrected chi connectivity index (χ4v) is 2.71. The van der Waals surface area contributed by atoms with E-state index < -0.39 is 5.97 Å². The molecule has 0 radical (unpaired) electrons. The lowest BCUT2D eigenvalue weighted by Crippen LogP contribution is -2.37. The van der Waals surface area contributed by atoms with Crippen LogP contribution in [0, 0.1) is 0 Å². The second-order valence-electron chi connectivity index (χ2n) is 5.55. The van der Waals surface area contributed by atoms with Crippen LogP contribution in [0.3, 0.4) is 0 Å². The maximum atomic E-state index is 11.9. The lowest BCUT2D eigenvalue weighted by atomic mass is 10.2. The van der Waals surface area contributed by atoms with Crippen LogP contribution < -0.4 is 10.2 Å². The van der Waals surface area contributed by atoms with Gasteiger partial charge in [-0.15, -0.1) is 0 Å². The number of aromatic nitrogens is 2. The molecule has 8 nitrogen and oxygen atoms in total. The van der Waals surface area contributed by atoms with E-state index in [1.807, 2.05) is 4.90 Å². The number of nitrogens with zero attached hydrogens (tertiary/aromatic N) is 3. The fourth-order valence-electron chi connectivity index (χ4n) is 2.71. The molecule has 8 heteroatoms. The molecule has 2 aromatic rings. The first-order chi connectivity index (χ1) is 11.7. The first-order valence-electron chi connectivity index (χ1n) is 7.67. The summed E-state index contributed by atoms with van der Waals surface area (Å²) < 4.78 is 10.4. The molecule has 0 saturated carbocycles. The minimum absolute atomic E-state index is 0.138. The highest BCUT2D eigenvalue weighted by molar-refractivity contribution is 5.93. The van der Waals surface area contributed by atoms with Gasteiger partial charge < -0.3 is 24.8 Å². The van der Waals surface area contributed by atoms with Crippen molar-refractivity contribution < 1.29 is 19.4 Å². The van der Waals surface area contributed by atoms with Crippen LogP contribution in [0.1, 0.15) is 16.1 Å². The number of hydrogen-bond acceptors (Lipinski definition) is 8. The van der Waals surface area contributed by atoms with Gasteiger partial charge in [0, 0.05) is 24.8 Å². The van der Waals surface area contributed by atoms with Crippen LogP contribution in [0.5, 0.6) is 5.75 Å². The van der Waals surface area contributed by atoms with Crippen molar-refractivity contribution in [2.75, 3.05) is 36.5 Å². The van der Waals surface area contributed by atoms with Crippen LogP contribution in [0.2, 0.25) is 0 Å². The van der Waals surface area contributed by atoms with E-state index in [9.17, 15) is 9.90 Å². The van der Waals surface area contributed by atoms with Crippen LogP contribution >= 0.6 is 0 Å². The molecule has 0 aliphatic carbocycles. The van der Waals surface area contributed by atoms with Crippen molar-refractivity contribution in [3.63, 3.8) is 0 Å². The summed E-state index contributed by atoms with van der Waals surface area (Å²) in [5.41, 5.74) is 1.58. The number of phenols is 1. The number of rotatable bonds is 3. The lowest BCUT2D eigenvalue weighted by molar-refractivity contribution is 0.0531. The van der Waals surface area contributed by atoms with E-state index >= 15 is 0 Å². The fraction of sp³-hybridized carbons (Fsp3) is 0.312. The van der Waals surface area contributed by atoms with E-state index in [2.05, 4.69) is 15.3 Å². The Morgan fingerprint density at radius 1 is 1.21 bits per heavy atom. The number of aromatic hydroxyl groups is 1. The molecule has 1 aromatic carbocycles. The Hall–Kier alpha value is -2.87. The van der Waals surface area contributed by atoms with Crippen molar-refractivity contribution >= 4 is 23.4 Å². The summed E-state index contributed by atoms with van der Waals surface area (Å²) in [4.78, 5) is 22.8. The molecular weight excluding hydrogens is 312 g/mol. The lowest BCUT2D eigenvalue weighted by Gasteiger charge is -2.27. The van der Waals surface area contributed by atoms with Gasteiger partial charge in [-0.05, 0) is 12.1 Å². The zero-order valence-electron chi connectivity index (χ0n) is 12.9. The smallest absolute Gasteiger partial charge is 0.357 e. The average Bonchev–Trinajstić information content (AvgIpc) is 2.97. The number of benzene rings is 1. The van der Waals surface area contributed by atoms with Gasteiger partial charge >= 0.3 is 5.97 Å². The zero-order valence-corrected chi connectivity index (χ0v) is 12.9. The Balaban J connectivity index is 1.73.